The van der Waals surface area contributed by atoms with Gasteiger partial charge in [-0.3, -0.25) is 4.98 Å². The molecule has 0 aliphatic heterocycles. The summed E-state index contributed by atoms with van der Waals surface area (Å²) in [5, 5.41) is 3.36. The lowest BCUT2D eigenvalue weighted by molar-refractivity contribution is 0.403. The average molecular weight is 206 g/mol. The topological polar surface area (TPSA) is 24.9 Å². The summed E-state index contributed by atoms with van der Waals surface area (Å²) in [6, 6.07) is 4.86. The fourth-order valence-corrected chi connectivity index (χ4v) is 1.78. The van der Waals surface area contributed by atoms with Crippen molar-refractivity contribution in [3.63, 3.8) is 0 Å². The molecule has 1 aromatic heterocycles. The maximum Gasteiger partial charge on any atom is 0.0372 e. The second kappa shape index (κ2) is 5.86. The SMILES string of the molecule is CNC(CCc1ccc(C)nc1)C(C)C. The molecule has 0 amide bonds. The maximum atomic E-state index is 4.31. The third-order valence-electron chi connectivity index (χ3n) is 2.89. The van der Waals surface area contributed by atoms with Crippen molar-refractivity contribution < 1.29 is 0 Å². The number of rotatable bonds is 5. The van der Waals surface area contributed by atoms with Gasteiger partial charge in [0.2, 0.25) is 0 Å². The smallest absolute Gasteiger partial charge is 0.0372 e. The van der Waals surface area contributed by atoms with Crippen molar-refractivity contribution in [3.05, 3.63) is 29.6 Å². The summed E-state index contributed by atoms with van der Waals surface area (Å²) in [6.45, 7) is 6.54. The molecule has 0 bridgehead atoms. The lowest BCUT2D eigenvalue weighted by Gasteiger charge is -2.19. The lowest BCUT2D eigenvalue weighted by Crippen LogP contribution is -2.31. The Labute approximate surface area is 93.1 Å². The highest BCUT2D eigenvalue weighted by atomic mass is 14.9. The van der Waals surface area contributed by atoms with Gasteiger partial charge in [-0.15, -0.1) is 0 Å². The number of aryl methyl sites for hydroxylation is 2. The number of nitrogens with zero attached hydrogens (tertiary/aromatic N) is 1. The van der Waals surface area contributed by atoms with Gasteiger partial charge in [0.1, 0.15) is 0 Å². The van der Waals surface area contributed by atoms with E-state index in [1.54, 1.807) is 0 Å². The number of nitrogens with one attached hydrogen (secondary N) is 1. The molecule has 0 aromatic carbocycles. The van der Waals surface area contributed by atoms with Crippen molar-refractivity contribution in [3.8, 4) is 0 Å². The summed E-state index contributed by atoms with van der Waals surface area (Å²) in [4.78, 5) is 4.31. The molecule has 0 saturated heterocycles. The lowest BCUT2D eigenvalue weighted by atomic mass is 9.97. The summed E-state index contributed by atoms with van der Waals surface area (Å²) in [5.74, 6) is 0.688. The van der Waals surface area contributed by atoms with E-state index in [-0.39, 0.29) is 0 Å². The third kappa shape index (κ3) is 4.00. The minimum atomic E-state index is 0.603. The fraction of sp³-hybridized carbons (Fsp3) is 0.615. The first kappa shape index (κ1) is 12.2. The van der Waals surface area contributed by atoms with E-state index in [0.29, 0.717) is 12.0 Å². The first-order chi connectivity index (χ1) is 7.13. The van der Waals surface area contributed by atoms with E-state index < -0.39 is 0 Å². The predicted molar refractivity (Wildman–Crippen MR) is 65.0 cm³/mol. The van der Waals surface area contributed by atoms with Gasteiger partial charge in [0.05, 0.1) is 0 Å². The number of aromatic nitrogens is 1. The van der Waals surface area contributed by atoms with Crippen LogP contribution in [0.3, 0.4) is 0 Å². The average Bonchev–Trinajstić information content (AvgIpc) is 2.21. The Hall–Kier alpha value is -0.890. The van der Waals surface area contributed by atoms with Crippen LogP contribution < -0.4 is 5.32 Å². The summed E-state index contributed by atoms with van der Waals surface area (Å²) in [5.41, 5.74) is 2.43. The van der Waals surface area contributed by atoms with E-state index in [1.165, 1.54) is 12.0 Å². The molecule has 0 spiro atoms. The number of hydrogen-bond acceptors (Lipinski definition) is 2. The Bertz CT molecular complexity index is 277. The monoisotopic (exact) mass is 206 g/mol. The minimum Gasteiger partial charge on any atom is -0.317 e. The van der Waals surface area contributed by atoms with Crippen molar-refractivity contribution >= 4 is 0 Å². The Balaban J connectivity index is 2.45. The molecule has 15 heavy (non-hydrogen) atoms. The molecule has 2 nitrogen and oxygen atoms in total. The molecule has 1 atom stereocenters. The van der Waals surface area contributed by atoms with Crippen molar-refractivity contribution in [1.29, 1.82) is 0 Å². The molecular formula is C13H22N2. The van der Waals surface area contributed by atoms with E-state index in [2.05, 4.69) is 36.3 Å². The second-order valence-electron chi connectivity index (χ2n) is 4.49. The molecule has 0 fully saturated rings. The normalized spacial score (nSPS) is 13.1. The van der Waals surface area contributed by atoms with Crippen LogP contribution in [0.1, 0.15) is 31.5 Å². The summed E-state index contributed by atoms with van der Waals surface area (Å²) in [7, 11) is 2.04. The number of hydrogen-bond donors (Lipinski definition) is 1. The van der Waals surface area contributed by atoms with Gasteiger partial charge < -0.3 is 5.32 Å². The fourth-order valence-electron chi connectivity index (χ4n) is 1.78. The van der Waals surface area contributed by atoms with Crippen molar-refractivity contribution in [2.45, 2.75) is 39.7 Å². The van der Waals surface area contributed by atoms with Gasteiger partial charge in [-0.05, 0) is 44.4 Å². The van der Waals surface area contributed by atoms with Crippen LogP contribution in [0.5, 0.6) is 0 Å². The zero-order chi connectivity index (χ0) is 11.3. The molecule has 1 N–H and O–H groups in total. The summed E-state index contributed by atoms with van der Waals surface area (Å²) >= 11 is 0. The van der Waals surface area contributed by atoms with Crippen LogP contribution in [0.2, 0.25) is 0 Å². The Morgan fingerprint density at radius 3 is 2.53 bits per heavy atom. The van der Waals surface area contributed by atoms with Gasteiger partial charge in [0.15, 0.2) is 0 Å². The van der Waals surface area contributed by atoms with E-state index in [4.69, 9.17) is 0 Å². The quantitative estimate of drug-likeness (QED) is 0.801. The maximum absolute atomic E-state index is 4.31. The standard InChI is InChI=1S/C13H22N2/c1-10(2)13(14-4)8-7-12-6-5-11(3)15-9-12/h5-6,9-10,13-14H,7-8H2,1-4H3. The highest BCUT2D eigenvalue weighted by molar-refractivity contribution is 5.13. The second-order valence-corrected chi connectivity index (χ2v) is 4.49. The molecule has 1 heterocycles. The summed E-state index contributed by atoms with van der Waals surface area (Å²) in [6.07, 6.45) is 4.28. The Morgan fingerprint density at radius 2 is 2.07 bits per heavy atom. The number of pyridine rings is 1. The van der Waals surface area contributed by atoms with E-state index in [0.717, 1.165) is 12.1 Å². The zero-order valence-electron chi connectivity index (χ0n) is 10.2. The third-order valence-corrected chi connectivity index (χ3v) is 2.89. The molecule has 1 unspecified atom stereocenters. The van der Waals surface area contributed by atoms with Crippen molar-refractivity contribution in [1.82, 2.24) is 10.3 Å². The first-order valence-corrected chi connectivity index (χ1v) is 5.72. The first-order valence-electron chi connectivity index (χ1n) is 5.72. The van der Waals surface area contributed by atoms with Crippen LogP contribution in [-0.4, -0.2) is 18.1 Å². The van der Waals surface area contributed by atoms with Crippen LogP contribution in [0.15, 0.2) is 18.3 Å². The van der Waals surface area contributed by atoms with Gasteiger partial charge in [-0.2, -0.15) is 0 Å². The van der Waals surface area contributed by atoms with Gasteiger partial charge >= 0.3 is 0 Å². The molecule has 2 heteroatoms. The van der Waals surface area contributed by atoms with Gasteiger partial charge in [-0.1, -0.05) is 19.9 Å². The van der Waals surface area contributed by atoms with E-state index in [9.17, 15) is 0 Å². The van der Waals surface area contributed by atoms with Crippen LogP contribution in [0, 0.1) is 12.8 Å². The Morgan fingerprint density at radius 1 is 1.33 bits per heavy atom. The minimum absolute atomic E-state index is 0.603. The molecule has 84 valence electrons. The largest absolute Gasteiger partial charge is 0.317 e. The molecule has 0 aliphatic rings. The van der Waals surface area contributed by atoms with Crippen LogP contribution in [-0.2, 0) is 6.42 Å². The van der Waals surface area contributed by atoms with Crippen LogP contribution in [0.4, 0.5) is 0 Å². The van der Waals surface area contributed by atoms with E-state index >= 15 is 0 Å². The Kier molecular flexibility index (Phi) is 4.76. The van der Waals surface area contributed by atoms with Crippen molar-refractivity contribution in [2.24, 2.45) is 5.92 Å². The van der Waals surface area contributed by atoms with Gasteiger partial charge in [-0.25, -0.2) is 0 Å². The molecule has 1 aromatic rings. The molecule has 1 rings (SSSR count). The highest BCUT2D eigenvalue weighted by Crippen LogP contribution is 2.10. The van der Waals surface area contributed by atoms with Gasteiger partial charge in [0, 0.05) is 17.9 Å². The van der Waals surface area contributed by atoms with Gasteiger partial charge in [0.25, 0.3) is 0 Å². The predicted octanol–water partition coefficient (Wildman–Crippen LogP) is 2.57. The summed E-state index contributed by atoms with van der Waals surface area (Å²) < 4.78 is 0. The van der Waals surface area contributed by atoms with Crippen LogP contribution >= 0.6 is 0 Å². The van der Waals surface area contributed by atoms with Crippen molar-refractivity contribution in [2.75, 3.05) is 7.05 Å². The molecular weight excluding hydrogens is 184 g/mol. The zero-order valence-corrected chi connectivity index (χ0v) is 10.2. The molecule has 0 saturated carbocycles. The van der Waals surface area contributed by atoms with Crippen LogP contribution in [0.25, 0.3) is 0 Å². The van der Waals surface area contributed by atoms with E-state index in [1.807, 2.05) is 20.2 Å². The highest BCUT2D eigenvalue weighted by Gasteiger charge is 2.10. The molecule has 0 radical (unpaired) electrons. The molecule has 0 aliphatic carbocycles.